The lowest BCUT2D eigenvalue weighted by molar-refractivity contribution is -0.139. The van der Waals surface area contributed by atoms with Crippen molar-refractivity contribution in [3.8, 4) is 5.75 Å². The van der Waals surface area contributed by atoms with Gasteiger partial charge in [0.1, 0.15) is 16.5 Å². The molecule has 0 radical (unpaired) electrons. The van der Waals surface area contributed by atoms with E-state index in [9.17, 15) is 13.2 Å². The smallest absolute Gasteiger partial charge is 0.422 e. The second kappa shape index (κ2) is 5.80. The van der Waals surface area contributed by atoms with E-state index in [0.29, 0.717) is 18.8 Å². The minimum Gasteiger partial charge on any atom is -0.490 e. The fourth-order valence-corrected chi connectivity index (χ4v) is 2.87. The van der Waals surface area contributed by atoms with Crippen molar-refractivity contribution in [1.82, 2.24) is 4.98 Å². The number of hydrogen-bond acceptors (Lipinski definition) is 2. The van der Waals surface area contributed by atoms with Gasteiger partial charge in [0.25, 0.3) is 0 Å². The number of ether oxygens (including phenoxy) is 1. The van der Waals surface area contributed by atoms with Crippen molar-refractivity contribution in [3.63, 3.8) is 0 Å². The number of hydrogen-bond donors (Lipinski definition) is 0. The van der Waals surface area contributed by atoms with E-state index in [4.69, 9.17) is 16.3 Å². The predicted octanol–water partition coefficient (Wildman–Crippen LogP) is 5.08. The Kier molecular flexibility index (Phi) is 4.00. The molecule has 1 aliphatic carbocycles. The van der Waals surface area contributed by atoms with Gasteiger partial charge in [-0.1, -0.05) is 41.9 Å². The molecule has 0 bridgehead atoms. The molecule has 0 saturated heterocycles. The molecule has 1 aromatic heterocycles. The van der Waals surface area contributed by atoms with Crippen molar-refractivity contribution >= 4 is 11.6 Å². The summed E-state index contributed by atoms with van der Waals surface area (Å²) in [6, 6.07) is 11.1. The van der Waals surface area contributed by atoms with Crippen LogP contribution in [0.3, 0.4) is 0 Å². The molecule has 0 N–H and O–H groups in total. The van der Waals surface area contributed by atoms with Crippen LogP contribution < -0.4 is 4.74 Å². The zero-order valence-corrected chi connectivity index (χ0v) is 12.2. The minimum absolute atomic E-state index is 0.232. The number of benzene rings is 1. The van der Waals surface area contributed by atoms with Crippen LogP contribution in [0, 0.1) is 0 Å². The highest BCUT2D eigenvalue weighted by molar-refractivity contribution is 6.30. The summed E-state index contributed by atoms with van der Waals surface area (Å²) in [5, 5.41) is -0.580. The standard InChI is InChI=1S/C16H13ClF3NO/c17-15-14(16(18,19)20)13(6-7-21-15)22-12-8-11(9-12)10-4-2-1-3-5-10/h1-7,11-12H,8-9H2/t11-,12-. The third-order valence-corrected chi connectivity index (χ3v) is 4.10. The van der Waals surface area contributed by atoms with Crippen molar-refractivity contribution in [2.24, 2.45) is 0 Å². The number of rotatable bonds is 3. The number of pyridine rings is 1. The maximum atomic E-state index is 13.0. The molecule has 0 aliphatic heterocycles. The van der Waals surface area contributed by atoms with E-state index in [1.54, 1.807) is 0 Å². The summed E-state index contributed by atoms with van der Waals surface area (Å²) in [4.78, 5) is 3.49. The fourth-order valence-electron chi connectivity index (χ4n) is 2.61. The Labute approximate surface area is 130 Å². The lowest BCUT2D eigenvalue weighted by atomic mass is 9.77. The van der Waals surface area contributed by atoms with Crippen LogP contribution in [0.2, 0.25) is 5.15 Å². The van der Waals surface area contributed by atoms with Crippen molar-refractivity contribution < 1.29 is 17.9 Å². The first-order valence-electron chi connectivity index (χ1n) is 6.88. The summed E-state index contributed by atoms with van der Waals surface area (Å²) < 4.78 is 44.6. The molecule has 6 heteroatoms. The van der Waals surface area contributed by atoms with E-state index >= 15 is 0 Å². The first-order valence-corrected chi connectivity index (χ1v) is 7.26. The summed E-state index contributed by atoms with van der Waals surface area (Å²) in [6.45, 7) is 0. The van der Waals surface area contributed by atoms with Crippen LogP contribution in [0.1, 0.15) is 29.9 Å². The average Bonchev–Trinajstić information content (AvgIpc) is 2.42. The van der Waals surface area contributed by atoms with Crippen molar-refractivity contribution in [2.75, 3.05) is 0 Å². The number of halogens is 4. The van der Waals surface area contributed by atoms with Gasteiger partial charge in [-0.05, 0) is 30.4 Å². The second-order valence-corrected chi connectivity index (χ2v) is 5.65. The van der Waals surface area contributed by atoms with Gasteiger partial charge in [0.2, 0.25) is 0 Å². The van der Waals surface area contributed by atoms with Crippen LogP contribution in [0.5, 0.6) is 5.75 Å². The highest BCUT2D eigenvalue weighted by Gasteiger charge is 2.40. The molecule has 0 spiro atoms. The summed E-state index contributed by atoms with van der Waals surface area (Å²) in [6.07, 6.45) is -2.20. The Hall–Kier alpha value is -1.75. The largest absolute Gasteiger partial charge is 0.490 e. The van der Waals surface area contributed by atoms with Gasteiger partial charge in [0.15, 0.2) is 0 Å². The van der Waals surface area contributed by atoms with Gasteiger partial charge < -0.3 is 4.74 Å². The van der Waals surface area contributed by atoms with Gasteiger partial charge in [0.05, 0.1) is 6.10 Å². The topological polar surface area (TPSA) is 22.1 Å². The molecule has 0 amide bonds. The third kappa shape index (κ3) is 3.04. The Bertz CT molecular complexity index is 654. The van der Waals surface area contributed by atoms with E-state index in [1.165, 1.54) is 17.8 Å². The Morgan fingerprint density at radius 1 is 1.09 bits per heavy atom. The summed E-state index contributed by atoms with van der Waals surface area (Å²) in [7, 11) is 0. The maximum absolute atomic E-state index is 13.0. The highest BCUT2D eigenvalue weighted by atomic mass is 35.5. The zero-order chi connectivity index (χ0) is 15.7. The van der Waals surface area contributed by atoms with Crippen molar-refractivity contribution in [3.05, 3.63) is 58.9 Å². The first kappa shape index (κ1) is 15.2. The first-order chi connectivity index (χ1) is 10.4. The van der Waals surface area contributed by atoms with Crippen LogP contribution in [-0.2, 0) is 6.18 Å². The quantitative estimate of drug-likeness (QED) is 0.733. The van der Waals surface area contributed by atoms with Gasteiger partial charge in [-0.3, -0.25) is 0 Å². The van der Waals surface area contributed by atoms with E-state index < -0.39 is 16.9 Å². The molecule has 0 unspecified atom stereocenters. The van der Waals surface area contributed by atoms with Gasteiger partial charge in [0, 0.05) is 6.20 Å². The Morgan fingerprint density at radius 2 is 1.77 bits per heavy atom. The van der Waals surface area contributed by atoms with Crippen molar-refractivity contribution in [1.29, 1.82) is 0 Å². The number of nitrogens with zero attached hydrogens (tertiary/aromatic N) is 1. The van der Waals surface area contributed by atoms with Gasteiger partial charge in [-0.2, -0.15) is 13.2 Å². The molecule has 2 aromatic rings. The van der Waals surface area contributed by atoms with E-state index in [1.807, 2.05) is 30.3 Å². The van der Waals surface area contributed by atoms with E-state index in [2.05, 4.69) is 4.98 Å². The molecule has 1 fully saturated rings. The summed E-state index contributed by atoms with van der Waals surface area (Å²) in [5.41, 5.74) is 0.186. The highest BCUT2D eigenvalue weighted by Crippen LogP contribution is 2.44. The Morgan fingerprint density at radius 3 is 2.41 bits per heavy atom. The number of alkyl halides is 3. The molecule has 3 rings (SSSR count). The van der Waals surface area contributed by atoms with Crippen LogP contribution in [-0.4, -0.2) is 11.1 Å². The zero-order valence-electron chi connectivity index (χ0n) is 11.5. The van der Waals surface area contributed by atoms with Crippen LogP contribution >= 0.6 is 11.6 Å². The molecule has 1 heterocycles. The Balaban J connectivity index is 1.70. The summed E-state index contributed by atoms with van der Waals surface area (Å²) in [5.74, 6) is 0.0851. The molecule has 2 nitrogen and oxygen atoms in total. The summed E-state index contributed by atoms with van der Waals surface area (Å²) >= 11 is 5.57. The lowest BCUT2D eigenvalue weighted by Gasteiger charge is -2.36. The van der Waals surface area contributed by atoms with Crippen LogP contribution in [0.25, 0.3) is 0 Å². The SMILES string of the molecule is FC(F)(F)c1c(O[C@H]2C[C@H](c3ccccc3)C2)ccnc1Cl. The lowest BCUT2D eigenvalue weighted by Crippen LogP contribution is -2.33. The van der Waals surface area contributed by atoms with Crippen LogP contribution in [0.15, 0.2) is 42.6 Å². The van der Waals surface area contributed by atoms with E-state index in [-0.39, 0.29) is 11.9 Å². The third-order valence-electron chi connectivity index (χ3n) is 3.81. The van der Waals surface area contributed by atoms with Crippen LogP contribution in [0.4, 0.5) is 13.2 Å². The second-order valence-electron chi connectivity index (χ2n) is 5.29. The molecular weight excluding hydrogens is 315 g/mol. The molecule has 0 atom stereocenters. The predicted molar refractivity (Wildman–Crippen MR) is 77.1 cm³/mol. The fraction of sp³-hybridized carbons (Fsp3) is 0.312. The maximum Gasteiger partial charge on any atom is 0.422 e. The van der Waals surface area contributed by atoms with E-state index in [0.717, 1.165) is 0 Å². The molecule has 116 valence electrons. The van der Waals surface area contributed by atoms with Gasteiger partial charge in [-0.25, -0.2) is 4.98 Å². The molecule has 1 aliphatic rings. The monoisotopic (exact) mass is 327 g/mol. The number of aromatic nitrogens is 1. The molecular formula is C16H13ClF3NO. The van der Waals surface area contributed by atoms with Gasteiger partial charge in [-0.15, -0.1) is 0 Å². The molecule has 1 saturated carbocycles. The molecule has 1 aromatic carbocycles. The molecule has 22 heavy (non-hydrogen) atoms. The average molecular weight is 328 g/mol. The van der Waals surface area contributed by atoms with Gasteiger partial charge >= 0.3 is 6.18 Å². The minimum atomic E-state index is -4.58. The van der Waals surface area contributed by atoms with Crippen molar-refractivity contribution in [2.45, 2.75) is 31.0 Å². The normalized spacial score (nSPS) is 21.3.